The Kier molecular flexibility index (Phi) is 6.53. The predicted octanol–water partition coefficient (Wildman–Crippen LogP) is 4.82. The fourth-order valence-corrected chi connectivity index (χ4v) is 3.79. The number of nitrogens with one attached hydrogen (secondary N) is 1. The van der Waals surface area contributed by atoms with Crippen LogP contribution in [0.5, 0.6) is 0 Å². The minimum Gasteiger partial charge on any atom is -0.462 e. The highest BCUT2D eigenvalue weighted by Crippen LogP contribution is 2.37. The molecule has 9 heteroatoms. The average Bonchev–Trinajstić information content (AvgIpc) is 3.13. The van der Waals surface area contributed by atoms with E-state index in [-0.39, 0.29) is 35.2 Å². The largest absolute Gasteiger partial charge is 0.462 e. The number of benzene rings is 2. The Morgan fingerprint density at radius 2 is 1.93 bits per heavy atom. The van der Waals surface area contributed by atoms with Gasteiger partial charge in [-0.15, -0.1) is 11.3 Å². The van der Waals surface area contributed by atoms with Crippen molar-refractivity contribution < 1.29 is 23.6 Å². The number of anilines is 1. The van der Waals surface area contributed by atoms with Crippen molar-refractivity contribution in [2.24, 2.45) is 0 Å². The van der Waals surface area contributed by atoms with Crippen molar-refractivity contribution in [2.75, 3.05) is 11.9 Å². The Bertz CT molecular complexity index is 1100. The number of nitro benzene ring substituents is 1. The van der Waals surface area contributed by atoms with Crippen molar-refractivity contribution in [1.82, 2.24) is 0 Å². The number of nitro groups is 1. The molecule has 1 heterocycles. The lowest BCUT2D eigenvalue weighted by Gasteiger charge is -2.09. The molecule has 0 saturated heterocycles. The highest BCUT2D eigenvalue weighted by Gasteiger charge is 2.23. The van der Waals surface area contributed by atoms with Gasteiger partial charge in [0.2, 0.25) is 5.91 Å². The van der Waals surface area contributed by atoms with Crippen LogP contribution in [0.15, 0.2) is 53.9 Å². The van der Waals surface area contributed by atoms with Gasteiger partial charge < -0.3 is 10.1 Å². The van der Waals surface area contributed by atoms with Crippen LogP contribution >= 0.6 is 11.3 Å². The molecule has 0 aliphatic rings. The molecule has 30 heavy (non-hydrogen) atoms. The van der Waals surface area contributed by atoms with Crippen LogP contribution in [0.1, 0.15) is 22.8 Å². The molecule has 7 nitrogen and oxygen atoms in total. The molecule has 0 spiro atoms. The first kappa shape index (κ1) is 21.1. The van der Waals surface area contributed by atoms with E-state index in [2.05, 4.69) is 5.32 Å². The number of hydrogen-bond donors (Lipinski definition) is 1. The molecule has 2 aromatic carbocycles. The van der Waals surface area contributed by atoms with E-state index < -0.39 is 16.7 Å². The number of carbonyl (C=O) groups is 2. The maximum Gasteiger partial charge on any atom is 0.341 e. The highest BCUT2D eigenvalue weighted by molar-refractivity contribution is 7.15. The third-order valence-corrected chi connectivity index (χ3v) is 5.06. The fraction of sp³-hybridized carbons (Fsp3) is 0.143. The molecule has 1 aromatic heterocycles. The first-order valence-corrected chi connectivity index (χ1v) is 9.84. The van der Waals surface area contributed by atoms with E-state index in [0.29, 0.717) is 16.7 Å². The van der Waals surface area contributed by atoms with Gasteiger partial charge in [0.15, 0.2) is 0 Å². The van der Waals surface area contributed by atoms with Gasteiger partial charge in [-0.05, 0) is 30.2 Å². The molecule has 1 amide bonds. The van der Waals surface area contributed by atoms with E-state index in [1.54, 1.807) is 18.4 Å². The third-order valence-electron chi connectivity index (χ3n) is 4.17. The number of halogens is 1. The average molecular weight is 428 g/mol. The number of esters is 1. The Balaban J connectivity index is 1.92. The third kappa shape index (κ3) is 4.87. The zero-order valence-electron chi connectivity index (χ0n) is 15.9. The Morgan fingerprint density at radius 3 is 2.60 bits per heavy atom. The molecule has 0 aliphatic carbocycles. The van der Waals surface area contributed by atoms with Crippen molar-refractivity contribution >= 4 is 33.9 Å². The number of non-ortho nitro benzene ring substituents is 1. The van der Waals surface area contributed by atoms with E-state index >= 15 is 0 Å². The summed E-state index contributed by atoms with van der Waals surface area (Å²) >= 11 is 1.12. The number of amides is 1. The van der Waals surface area contributed by atoms with Crippen LogP contribution in [0, 0.1) is 15.9 Å². The lowest BCUT2D eigenvalue weighted by molar-refractivity contribution is -0.384. The summed E-state index contributed by atoms with van der Waals surface area (Å²) in [6.45, 7) is 1.79. The molecule has 3 aromatic rings. The van der Waals surface area contributed by atoms with E-state index in [9.17, 15) is 24.1 Å². The molecule has 154 valence electrons. The van der Waals surface area contributed by atoms with Crippen molar-refractivity contribution in [3.8, 4) is 11.1 Å². The standard InChI is InChI=1S/C21H17FN2O5S/c1-2-29-21(26)19-17(14-4-3-5-16(11-14)24(27)28)12-30-20(19)23-18(25)10-13-6-8-15(22)9-7-13/h3-9,11-12H,2,10H2,1H3,(H,23,25). The quantitative estimate of drug-likeness (QED) is 0.330. The topological polar surface area (TPSA) is 98.5 Å². The van der Waals surface area contributed by atoms with Gasteiger partial charge in [-0.1, -0.05) is 24.3 Å². The first-order chi connectivity index (χ1) is 14.4. The molecule has 0 atom stereocenters. The molecule has 0 fully saturated rings. The molecule has 0 bridgehead atoms. The van der Waals surface area contributed by atoms with Crippen molar-refractivity contribution in [1.29, 1.82) is 0 Å². The van der Waals surface area contributed by atoms with Gasteiger partial charge in [0, 0.05) is 23.1 Å². The van der Waals surface area contributed by atoms with E-state index in [1.807, 2.05) is 0 Å². The smallest absolute Gasteiger partial charge is 0.341 e. The second kappa shape index (κ2) is 9.27. The monoisotopic (exact) mass is 428 g/mol. The number of hydrogen-bond acceptors (Lipinski definition) is 6. The number of carbonyl (C=O) groups excluding carboxylic acids is 2. The summed E-state index contributed by atoms with van der Waals surface area (Å²) in [6.07, 6.45) is -0.00735. The lowest BCUT2D eigenvalue weighted by Crippen LogP contribution is -2.16. The van der Waals surface area contributed by atoms with Crippen LogP contribution in [0.25, 0.3) is 11.1 Å². The Morgan fingerprint density at radius 1 is 1.20 bits per heavy atom. The summed E-state index contributed by atoms with van der Waals surface area (Å²) in [7, 11) is 0. The highest BCUT2D eigenvalue weighted by atomic mass is 32.1. The molecular weight excluding hydrogens is 411 g/mol. The summed E-state index contributed by atoms with van der Waals surface area (Å²) in [5, 5.41) is 15.7. The molecular formula is C21H17FN2O5S. The van der Waals surface area contributed by atoms with Gasteiger partial charge in [0.05, 0.1) is 18.0 Å². The van der Waals surface area contributed by atoms with Crippen LogP contribution in [0.3, 0.4) is 0 Å². The number of nitrogens with zero attached hydrogens (tertiary/aromatic N) is 1. The van der Waals surface area contributed by atoms with Crippen LogP contribution < -0.4 is 5.32 Å². The second-order valence-electron chi connectivity index (χ2n) is 6.23. The summed E-state index contributed by atoms with van der Waals surface area (Å²) in [4.78, 5) is 35.6. The maximum absolute atomic E-state index is 13.0. The predicted molar refractivity (Wildman–Crippen MR) is 111 cm³/mol. The molecule has 3 rings (SSSR count). The van der Waals surface area contributed by atoms with E-state index in [4.69, 9.17) is 4.74 Å². The molecule has 0 saturated carbocycles. The van der Waals surface area contributed by atoms with Crippen LogP contribution in [0.2, 0.25) is 0 Å². The van der Waals surface area contributed by atoms with Crippen molar-refractivity contribution in [3.63, 3.8) is 0 Å². The SMILES string of the molecule is CCOC(=O)c1c(-c2cccc([N+](=O)[O-])c2)csc1NC(=O)Cc1ccc(F)cc1. The fourth-order valence-electron chi connectivity index (χ4n) is 2.81. The summed E-state index contributed by atoms with van der Waals surface area (Å²) in [6, 6.07) is 11.4. The molecule has 0 unspecified atom stereocenters. The molecule has 0 aliphatic heterocycles. The number of ether oxygens (including phenoxy) is 1. The minimum atomic E-state index is -0.641. The first-order valence-electron chi connectivity index (χ1n) is 8.96. The van der Waals surface area contributed by atoms with E-state index in [0.717, 1.165) is 11.3 Å². The van der Waals surface area contributed by atoms with Gasteiger partial charge in [-0.3, -0.25) is 14.9 Å². The van der Waals surface area contributed by atoms with Gasteiger partial charge in [-0.25, -0.2) is 9.18 Å². The van der Waals surface area contributed by atoms with E-state index in [1.165, 1.54) is 42.5 Å². The van der Waals surface area contributed by atoms with Crippen LogP contribution in [0.4, 0.5) is 15.1 Å². The van der Waals surface area contributed by atoms with Crippen LogP contribution in [-0.2, 0) is 16.0 Å². The Hall–Kier alpha value is -3.59. The second-order valence-corrected chi connectivity index (χ2v) is 7.11. The number of rotatable bonds is 7. The zero-order chi connectivity index (χ0) is 21.7. The normalized spacial score (nSPS) is 10.5. The van der Waals surface area contributed by atoms with Gasteiger partial charge in [0.1, 0.15) is 16.4 Å². The van der Waals surface area contributed by atoms with Crippen LogP contribution in [-0.4, -0.2) is 23.4 Å². The zero-order valence-corrected chi connectivity index (χ0v) is 16.7. The van der Waals surface area contributed by atoms with Crippen molar-refractivity contribution in [3.05, 3.63) is 81.0 Å². The van der Waals surface area contributed by atoms with Gasteiger partial charge in [0.25, 0.3) is 5.69 Å². The Labute approximate surface area is 175 Å². The van der Waals surface area contributed by atoms with Gasteiger partial charge in [-0.2, -0.15) is 0 Å². The summed E-state index contributed by atoms with van der Waals surface area (Å²) in [5.41, 5.74) is 1.52. The summed E-state index contributed by atoms with van der Waals surface area (Å²) in [5.74, 6) is -1.43. The molecule has 1 N–H and O–H groups in total. The lowest BCUT2D eigenvalue weighted by atomic mass is 10.0. The van der Waals surface area contributed by atoms with Gasteiger partial charge >= 0.3 is 5.97 Å². The molecule has 0 radical (unpaired) electrons. The maximum atomic E-state index is 13.0. The number of thiophene rings is 1. The minimum absolute atomic E-state index is 0.00735. The summed E-state index contributed by atoms with van der Waals surface area (Å²) < 4.78 is 18.2. The van der Waals surface area contributed by atoms with Crippen molar-refractivity contribution in [2.45, 2.75) is 13.3 Å².